The molecule has 0 amide bonds. The molecule has 2 aromatic heterocycles. The molecule has 2 bridgehead atoms. The Morgan fingerprint density at radius 3 is 2.79 bits per heavy atom. The van der Waals surface area contributed by atoms with Gasteiger partial charge < -0.3 is 20.1 Å². The maximum absolute atomic E-state index is 14.4. The zero-order valence-electron chi connectivity index (χ0n) is 23.2. The van der Waals surface area contributed by atoms with Crippen LogP contribution in [0.4, 0.5) is 10.1 Å². The number of ether oxygens (including phenoxy) is 1. The average Bonchev–Trinajstić information content (AvgIpc) is 3.61. The lowest BCUT2D eigenvalue weighted by Crippen LogP contribution is -2.51. The summed E-state index contributed by atoms with van der Waals surface area (Å²) in [5, 5.41) is 16.8. The van der Waals surface area contributed by atoms with E-state index in [-0.39, 0.29) is 22.4 Å². The number of fused-ring (bicyclic) bond motifs is 5. The number of phenols is 1. The number of piperazine rings is 1. The van der Waals surface area contributed by atoms with Crippen molar-refractivity contribution in [3.63, 3.8) is 0 Å². The first kappa shape index (κ1) is 26.2. The van der Waals surface area contributed by atoms with Crippen molar-refractivity contribution in [1.29, 1.82) is 0 Å². The first-order chi connectivity index (χ1) is 20.4. The van der Waals surface area contributed by atoms with E-state index < -0.39 is 6.17 Å². The third kappa shape index (κ3) is 4.24. The van der Waals surface area contributed by atoms with Crippen molar-refractivity contribution in [2.45, 2.75) is 55.9 Å². The van der Waals surface area contributed by atoms with Gasteiger partial charge in [-0.15, -0.1) is 0 Å². The van der Waals surface area contributed by atoms with E-state index in [9.17, 15) is 14.3 Å². The molecule has 2 aromatic carbocycles. The van der Waals surface area contributed by atoms with Crippen molar-refractivity contribution in [1.82, 2.24) is 19.8 Å². The number of nitrogens with zero attached hydrogens (tertiary/aromatic N) is 4. The van der Waals surface area contributed by atoms with E-state index >= 15 is 0 Å². The van der Waals surface area contributed by atoms with E-state index in [0.29, 0.717) is 53.6 Å². The van der Waals surface area contributed by atoms with Crippen LogP contribution in [0.1, 0.15) is 32.1 Å². The number of hydrogen-bond acceptors (Lipinski definition) is 7. The topological polar surface area (TPSA) is 82.9 Å². The zero-order valence-corrected chi connectivity index (χ0v) is 24.0. The third-order valence-corrected chi connectivity index (χ3v) is 10.1. The highest BCUT2D eigenvalue weighted by Gasteiger charge is 2.49. The van der Waals surface area contributed by atoms with Crippen LogP contribution in [0.2, 0.25) is 5.02 Å². The fourth-order valence-electron chi connectivity index (χ4n) is 7.89. The van der Waals surface area contributed by atoms with Gasteiger partial charge in [0.15, 0.2) is 0 Å². The number of nitrogens with one attached hydrogen (secondary N) is 1. The molecular weight excluding hydrogens is 557 g/mol. The maximum atomic E-state index is 14.4. The van der Waals surface area contributed by atoms with Crippen molar-refractivity contribution in [2.75, 3.05) is 37.7 Å². The summed E-state index contributed by atoms with van der Waals surface area (Å²) >= 11 is 6.60. The molecule has 10 heteroatoms. The fourth-order valence-corrected chi connectivity index (χ4v) is 8.17. The Morgan fingerprint density at radius 2 is 1.95 bits per heavy atom. The second-order valence-corrected chi connectivity index (χ2v) is 12.8. The molecule has 4 aliphatic rings. The summed E-state index contributed by atoms with van der Waals surface area (Å²) < 4.78 is 22.3. The number of aromatic hydroxyl groups is 1. The van der Waals surface area contributed by atoms with E-state index in [0.717, 1.165) is 61.8 Å². The monoisotopic (exact) mass is 589 g/mol. The lowest BCUT2D eigenvalue weighted by Gasteiger charge is -2.35. The number of alkyl halides is 1. The predicted octanol–water partition coefficient (Wildman–Crippen LogP) is 4.79. The van der Waals surface area contributed by atoms with Gasteiger partial charge in [0, 0.05) is 67.2 Å². The minimum atomic E-state index is -0.846. The van der Waals surface area contributed by atoms with Crippen molar-refractivity contribution < 1.29 is 14.2 Å². The van der Waals surface area contributed by atoms with Gasteiger partial charge in [0.2, 0.25) is 5.88 Å². The Labute approximate surface area is 247 Å². The Hall–Kier alpha value is -3.40. The van der Waals surface area contributed by atoms with Crippen LogP contribution in [0, 0.1) is 0 Å². The average molecular weight is 590 g/mol. The highest BCUT2D eigenvalue weighted by molar-refractivity contribution is 6.36. The lowest BCUT2D eigenvalue weighted by molar-refractivity contribution is 0.111. The molecule has 6 heterocycles. The van der Waals surface area contributed by atoms with Crippen molar-refractivity contribution >= 4 is 39.0 Å². The fraction of sp³-hybridized carbons (Fsp3) is 0.438. The Kier molecular flexibility index (Phi) is 6.14. The van der Waals surface area contributed by atoms with Crippen LogP contribution in [0.5, 0.6) is 11.6 Å². The number of aromatic nitrogens is 2. The van der Waals surface area contributed by atoms with Crippen LogP contribution in [0.3, 0.4) is 0 Å². The molecule has 2 unspecified atom stereocenters. The maximum Gasteiger partial charge on any atom is 0.281 e. The van der Waals surface area contributed by atoms with Crippen LogP contribution >= 0.6 is 11.6 Å². The van der Waals surface area contributed by atoms with E-state index in [4.69, 9.17) is 21.3 Å². The molecule has 0 saturated carbocycles. The summed E-state index contributed by atoms with van der Waals surface area (Å²) in [7, 11) is 0. The highest BCUT2D eigenvalue weighted by Crippen LogP contribution is 2.41. The normalized spacial score (nSPS) is 27.3. The van der Waals surface area contributed by atoms with Crippen LogP contribution < -0.4 is 20.5 Å². The van der Waals surface area contributed by atoms with E-state index in [1.807, 2.05) is 24.3 Å². The molecule has 4 aromatic rings. The number of rotatable bonds is 5. The van der Waals surface area contributed by atoms with Crippen molar-refractivity contribution in [2.24, 2.45) is 0 Å². The largest absolute Gasteiger partial charge is 0.508 e. The second kappa shape index (κ2) is 9.82. The van der Waals surface area contributed by atoms with Gasteiger partial charge in [-0.05, 0) is 55.8 Å². The summed E-state index contributed by atoms with van der Waals surface area (Å²) in [5.74, 6) is 0.414. The van der Waals surface area contributed by atoms with Gasteiger partial charge in [0.25, 0.3) is 5.56 Å². The molecule has 4 atom stereocenters. The summed E-state index contributed by atoms with van der Waals surface area (Å²) in [6.07, 6.45) is 5.55. The molecule has 218 valence electrons. The molecule has 4 aliphatic heterocycles. The minimum Gasteiger partial charge on any atom is -0.508 e. The van der Waals surface area contributed by atoms with E-state index in [2.05, 4.69) is 15.1 Å². The minimum absolute atomic E-state index is 0.0388. The summed E-state index contributed by atoms with van der Waals surface area (Å²) in [5.41, 5.74) is 1.05. The molecule has 0 radical (unpaired) electrons. The second-order valence-electron chi connectivity index (χ2n) is 12.4. The van der Waals surface area contributed by atoms with Gasteiger partial charge in [0.05, 0.1) is 21.9 Å². The SMILES string of the molecule is O=c1c2nc(OC[C@@]34CCCN3C[C@H](F)C4)cc(N3CC4CCC(C3)N4)c2ccn1-c1cc(O)cc2cccc(Cl)c12. The lowest BCUT2D eigenvalue weighted by atomic mass is 9.95. The Balaban J connectivity index is 1.26. The van der Waals surface area contributed by atoms with E-state index in [1.54, 1.807) is 24.4 Å². The molecule has 0 aliphatic carbocycles. The Bertz CT molecular complexity index is 1770. The van der Waals surface area contributed by atoms with E-state index in [1.165, 1.54) is 4.57 Å². The first-order valence-corrected chi connectivity index (χ1v) is 15.3. The third-order valence-electron chi connectivity index (χ3n) is 9.78. The summed E-state index contributed by atoms with van der Waals surface area (Å²) in [4.78, 5) is 23.6. The molecule has 4 fully saturated rings. The molecule has 42 heavy (non-hydrogen) atoms. The number of pyridine rings is 2. The van der Waals surface area contributed by atoms with Gasteiger partial charge in [0.1, 0.15) is 24.0 Å². The smallest absolute Gasteiger partial charge is 0.281 e. The number of anilines is 1. The summed E-state index contributed by atoms with van der Waals surface area (Å²) in [6.45, 7) is 3.35. The van der Waals surface area contributed by atoms with Gasteiger partial charge >= 0.3 is 0 Å². The number of hydrogen-bond donors (Lipinski definition) is 2. The van der Waals surface area contributed by atoms with Gasteiger partial charge in [-0.3, -0.25) is 14.3 Å². The van der Waals surface area contributed by atoms with Crippen molar-refractivity contribution in [3.05, 3.63) is 64.0 Å². The number of halogens is 2. The zero-order chi connectivity index (χ0) is 28.6. The number of phenolic OH excluding ortho intramolecular Hbond substituents is 1. The molecule has 2 N–H and O–H groups in total. The van der Waals surface area contributed by atoms with Gasteiger partial charge in [-0.1, -0.05) is 23.7 Å². The van der Waals surface area contributed by atoms with Crippen LogP contribution in [-0.2, 0) is 0 Å². The molecule has 8 rings (SSSR count). The van der Waals surface area contributed by atoms with Gasteiger partial charge in [-0.2, -0.15) is 0 Å². The quantitative estimate of drug-likeness (QED) is 0.346. The van der Waals surface area contributed by atoms with Crippen LogP contribution in [0.15, 0.2) is 53.5 Å². The highest BCUT2D eigenvalue weighted by atomic mass is 35.5. The van der Waals surface area contributed by atoms with Crippen molar-refractivity contribution in [3.8, 4) is 17.3 Å². The predicted molar refractivity (Wildman–Crippen MR) is 162 cm³/mol. The van der Waals surface area contributed by atoms with Gasteiger partial charge in [-0.25, -0.2) is 9.37 Å². The summed E-state index contributed by atoms with van der Waals surface area (Å²) in [6, 6.07) is 13.3. The molecule has 0 spiro atoms. The standard InChI is InChI=1S/C32H33ClFN5O3/c33-25-4-1-3-19-11-23(40)12-27(29(19)25)39-10-7-24-26(37-16-21-5-6-22(17-37)35-21)13-28(36-30(24)31(39)41)42-18-32-8-2-9-38(32)15-20(34)14-32/h1,3-4,7,10-13,20-22,35,40H,2,5-6,8-9,14-18H2/t20-,21?,22?,32+/m1/s1. The molecule has 4 saturated heterocycles. The van der Waals surface area contributed by atoms with Crippen LogP contribution in [0.25, 0.3) is 27.4 Å². The molecule has 8 nitrogen and oxygen atoms in total. The van der Waals surface area contributed by atoms with Crippen LogP contribution in [-0.4, -0.2) is 76.1 Å². The first-order valence-electron chi connectivity index (χ1n) is 14.9. The number of benzene rings is 2. The molecular formula is C32H33ClFN5O3. The Morgan fingerprint density at radius 1 is 1.12 bits per heavy atom.